The first-order chi connectivity index (χ1) is 9.84. The molecule has 0 bridgehead atoms. The molecule has 1 heterocycles. The molecule has 1 atom stereocenters. The number of aromatic nitrogens is 1. The summed E-state index contributed by atoms with van der Waals surface area (Å²) >= 11 is 0. The van der Waals surface area contributed by atoms with Gasteiger partial charge in [0.05, 0.1) is 11.1 Å². The van der Waals surface area contributed by atoms with E-state index in [1.165, 1.54) is 5.56 Å². The van der Waals surface area contributed by atoms with Gasteiger partial charge in [-0.25, -0.2) is 0 Å². The van der Waals surface area contributed by atoms with Crippen molar-refractivity contribution in [3.8, 4) is 11.3 Å². The lowest BCUT2D eigenvalue weighted by Gasteiger charge is -2.28. The van der Waals surface area contributed by atoms with Crippen molar-refractivity contribution in [1.29, 1.82) is 0 Å². The Hall–Kier alpha value is -1.96. The Bertz CT molecular complexity index is 644. The van der Waals surface area contributed by atoms with Crippen LogP contribution in [0.25, 0.3) is 11.3 Å². The second-order valence-corrected chi connectivity index (χ2v) is 5.83. The van der Waals surface area contributed by atoms with Gasteiger partial charge in [0.2, 0.25) is 0 Å². The fourth-order valence-electron chi connectivity index (χ4n) is 3.95. The first-order valence-electron chi connectivity index (χ1n) is 7.43. The third-order valence-corrected chi connectivity index (χ3v) is 4.84. The fourth-order valence-corrected chi connectivity index (χ4v) is 3.95. The van der Waals surface area contributed by atoms with E-state index in [0.29, 0.717) is 12.2 Å². The maximum atomic E-state index is 12.9. The summed E-state index contributed by atoms with van der Waals surface area (Å²) in [5, 5.41) is 0. The van der Waals surface area contributed by atoms with Gasteiger partial charge in [-0.1, -0.05) is 43.2 Å². The first-order valence-corrected chi connectivity index (χ1v) is 7.43. The van der Waals surface area contributed by atoms with Crippen molar-refractivity contribution >= 4 is 5.78 Å². The number of Topliss-reactive ketones (excluding diaryl/α,β-unsaturated/α-hetero) is 1. The van der Waals surface area contributed by atoms with Gasteiger partial charge in [0, 0.05) is 18.2 Å². The van der Waals surface area contributed by atoms with E-state index in [1.54, 1.807) is 0 Å². The summed E-state index contributed by atoms with van der Waals surface area (Å²) in [6.45, 7) is 0. The molecule has 0 saturated heterocycles. The molecule has 1 unspecified atom stereocenters. The van der Waals surface area contributed by atoms with Crippen LogP contribution in [0.3, 0.4) is 0 Å². The van der Waals surface area contributed by atoms with Crippen molar-refractivity contribution in [2.45, 2.75) is 37.5 Å². The van der Waals surface area contributed by atoms with Crippen molar-refractivity contribution in [1.82, 2.24) is 4.98 Å². The molecule has 0 radical (unpaired) electrons. The molecule has 2 aliphatic carbocycles. The van der Waals surface area contributed by atoms with E-state index in [9.17, 15) is 4.79 Å². The lowest BCUT2D eigenvalue weighted by atomic mass is 9.72. The highest BCUT2D eigenvalue weighted by Crippen LogP contribution is 2.52. The fraction of sp³-hybridized carbons (Fsp3) is 0.333. The van der Waals surface area contributed by atoms with E-state index in [1.807, 2.05) is 24.4 Å². The Morgan fingerprint density at radius 2 is 1.80 bits per heavy atom. The number of hydrogen-bond acceptors (Lipinski definition) is 2. The molecule has 2 aliphatic rings. The van der Waals surface area contributed by atoms with Gasteiger partial charge in [-0.05, 0) is 30.0 Å². The number of ketones is 1. The van der Waals surface area contributed by atoms with Crippen molar-refractivity contribution in [2.24, 2.45) is 0 Å². The largest absolute Gasteiger partial charge is 0.298 e. The highest BCUT2D eigenvalue weighted by atomic mass is 16.1. The van der Waals surface area contributed by atoms with Gasteiger partial charge in [0.15, 0.2) is 0 Å². The maximum Gasteiger partial charge on any atom is 0.147 e. The third-order valence-electron chi connectivity index (χ3n) is 4.84. The molecule has 1 aromatic heterocycles. The summed E-state index contributed by atoms with van der Waals surface area (Å²) in [5.41, 5.74) is 4.06. The molecule has 0 amide bonds. The van der Waals surface area contributed by atoms with E-state index in [4.69, 9.17) is 0 Å². The van der Waals surface area contributed by atoms with Crippen LogP contribution in [-0.4, -0.2) is 10.8 Å². The van der Waals surface area contributed by atoms with Crippen LogP contribution in [0.4, 0.5) is 0 Å². The predicted octanol–water partition coefficient (Wildman–Crippen LogP) is 3.88. The third kappa shape index (κ3) is 1.39. The highest BCUT2D eigenvalue weighted by Gasteiger charge is 2.48. The van der Waals surface area contributed by atoms with E-state index >= 15 is 0 Å². The number of pyridine rings is 1. The summed E-state index contributed by atoms with van der Waals surface area (Å²) in [5.74, 6) is 0.384. The van der Waals surface area contributed by atoms with E-state index in [0.717, 1.165) is 42.5 Å². The van der Waals surface area contributed by atoms with Gasteiger partial charge in [0.25, 0.3) is 0 Å². The van der Waals surface area contributed by atoms with Gasteiger partial charge in [-0.3, -0.25) is 9.78 Å². The molecule has 0 aliphatic heterocycles. The van der Waals surface area contributed by atoms with Crippen LogP contribution in [0.15, 0.2) is 42.6 Å². The topological polar surface area (TPSA) is 30.0 Å². The van der Waals surface area contributed by atoms with Crippen molar-refractivity contribution in [3.63, 3.8) is 0 Å². The monoisotopic (exact) mass is 263 g/mol. The van der Waals surface area contributed by atoms with Crippen LogP contribution < -0.4 is 0 Å². The highest BCUT2D eigenvalue weighted by molar-refractivity contribution is 6.01. The Kier molecular flexibility index (Phi) is 2.53. The van der Waals surface area contributed by atoms with E-state index in [-0.39, 0.29) is 0 Å². The number of carbonyl (C=O) groups excluding carboxylic acids is 1. The number of hydrogen-bond donors (Lipinski definition) is 0. The molecule has 4 rings (SSSR count). The average molecular weight is 263 g/mol. The summed E-state index contributed by atoms with van der Waals surface area (Å²) in [4.78, 5) is 17.5. The van der Waals surface area contributed by atoms with Gasteiger partial charge >= 0.3 is 0 Å². The van der Waals surface area contributed by atoms with E-state index < -0.39 is 5.41 Å². The van der Waals surface area contributed by atoms with Crippen LogP contribution in [0.5, 0.6) is 0 Å². The second kappa shape index (κ2) is 4.27. The summed E-state index contributed by atoms with van der Waals surface area (Å²) in [6, 6.07) is 12.4. The number of carbonyl (C=O) groups is 1. The smallest absolute Gasteiger partial charge is 0.147 e. The lowest BCUT2D eigenvalue weighted by Crippen LogP contribution is -2.34. The molecular formula is C18H17NO. The lowest BCUT2D eigenvalue weighted by molar-refractivity contribution is -0.123. The van der Waals surface area contributed by atoms with Crippen molar-refractivity contribution < 1.29 is 4.79 Å². The van der Waals surface area contributed by atoms with Crippen LogP contribution in [0.1, 0.15) is 43.2 Å². The number of nitrogens with zero attached hydrogens (tertiary/aromatic N) is 1. The normalized spacial score (nSPS) is 24.3. The molecule has 0 N–H and O–H groups in total. The second-order valence-electron chi connectivity index (χ2n) is 5.83. The van der Waals surface area contributed by atoms with Gasteiger partial charge < -0.3 is 0 Å². The molecule has 1 fully saturated rings. The van der Waals surface area contributed by atoms with Crippen LogP contribution in [-0.2, 0) is 10.2 Å². The minimum atomic E-state index is -0.420. The maximum absolute atomic E-state index is 12.9. The van der Waals surface area contributed by atoms with Crippen LogP contribution in [0.2, 0.25) is 0 Å². The molecule has 1 spiro atoms. The van der Waals surface area contributed by atoms with Crippen LogP contribution in [0, 0.1) is 0 Å². The van der Waals surface area contributed by atoms with Gasteiger partial charge in [-0.2, -0.15) is 0 Å². The number of fused-ring (bicyclic) bond motifs is 5. The van der Waals surface area contributed by atoms with E-state index in [2.05, 4.69) is 23.2 Å². The molecule has 2 aromatic rings. The summed E-state index contributed by atoms with van der Waals surface area (Å²) in [6.07, 6.45) is 6.76. The predicted molar refractivity (Wildman–Crippen MR) is 78.5 cm³/mol. The van der Waals surface area contributed by atoms with Crippen LogP contribution >= 0.6 is 0 Å². The zero-order valence-electron chi connectivity index (χ0n) is 11.4. The Morgan fingerprint density at radius 3 is 2.75 bits per heavy atom. The van der Waals surface area contributed by atoms with Crippen molar-refractivity contribution in [3.05, 3.63) is 53.7 Å². The minimum absolute atomic E-state index is 0.384. The molecule has 1 saturated carbocycles. The molecule has 20 heavy (non-hydrogen) atoms. The van der Waals surface area contributed by atoms with Gasteiger partial charge in [0.1, 0.15) is 5.78 Å². The molecular weight excluding hydrogens is 246 g/mol. The standard InChI is InChI=1S/C18H17NO/c20-16-10-2-1-5-11-18(16)14-8-4-3-7-13(14)17-15(18)9-6-12-19-17/h3-4,6-9,12H,1-2,5,10-11H2. The van der Waals surface area contributed by atoms with Crippen molar-refractivity contribution in [2.75, 3.05) is 0 Å². The quantitative estimate of drug-likeness (QED) is 0.722. The molecule has 2 heteroatoms. The molecule has 100 valence electrons. The Labute approximate surface area is 118 Å². The zero-order valence-corrected chi connectivity index (χ0v) is 11.4. The number of rotatable bonds is 0. The summed E-state index contributed by atoms with van der Waals surface area (Å²) < 4.78 is 0. The Balaban J connectivity index is 2.06. The summed E-state index contributed by atoms with van der Waals surface area (Å²) in [7, 11) is 0. The van der Waals surface area contributed by atoms with Gasteiger partial charge in [-0.15, -0.1) is 0 Å². The minimum Gasteiger partial charge on any atom is -0.298 e. The Morgan fingerprint density at radius 1 is 0.950 bits per heavy atom. The molecule has 1 aromatic carbocycles. The SMILES string of the molecule is O=C1CCCCCC12c1ccccc1-c1ncccc12. The zero-order chi connectivity index (χ0) is 13.6. The number of benzene rings is 1. The molecule has 2 nitrogen and oxygen atoms in total. The first kappa shape index (κ1) is 11.8. The average Bonchev–Trinajstić information content (AvgIpc) is 2.63.